The van der Waals surface area contributed by atoms with Crippen molar-refractivity contribution in [1.29, 1.82) is 0 Å². The minimum absolute atomic E-state index is 0.0470. The first kappa shape index (κ1) is 16.6. The van der Waals surface area contributed by atoms with E-state index in [4.69, 9.17) is 9.47 Å². The Morgan fingerprint density at radius 1 is 1.33 bits per heavy atom. The normalized spacial score (nSPS) is 20.3. The lowest BCUT2D eigenvalue weighted by Gasteiger charge is -2.18. The van der Waals surface area contributed by atoms with Crippen LogP contribution in [0.3, 0.4) is 0 Å². The van der Waals surface area contributed by atoms with E-state index in [1.54, 1.807) is 11.0 Å². The molecule has 0 aliphatic carbocycles. The second-order valence-electron chi connectivity index (χ2n) is 5.72. The van der Waals surface area contributed by atoms with Gasteiger partial charge in [-0.3, -0.25) is 14.7 Å². The summed E-state index contributed by atoms with van der Waals surface area (Å²) < 4.78 is 11.1. The number of hydrogen-bond acceptors (Lipinski definition) is 5. The fraction of sp³-hybridized carbons (Fsp3) is 0.333. The molecule has 0 radical (unpaired) electrons. The number of hydrogen-bond donors (Lipinski definition) is 0. The zero-order chi connectivity index (χ0) is 17.1. The predicted octanol–water partition coefficient (Wildman–Crippen LogP) is 3.32. The summed E-state index contributed by atoms with van der Waals surface area (Å²) in [6, 6.07) is 5.81. The van der Waals surface area contributed by atoms with Gasteiger partial charge >= 0.3 is 0 Å². The highest BCUT2D eigenvalue weighted by atomic mass is 32.2. The molecular formula is C18H20N2O3S. The Morgan fingerprint density at radius 2 is 2.08 bits per heavy atom. The molecule has 24 heavy (non-hydrogen) atoms. The molecule has 0 aromatic heterocycles. The van der Waals surface area contributed by atoms with Gasteiger partial charge in [0.25, 0.3) is 5.91 Å². The maximum Gasteiger partial charge on any atom is 0.267 e. The highest BCUT2D eigenvalue weighted by Gasteiger charge is 2.32. The first-order chi connectivity index (χ1) is 11.6. The number of carbonyl (C=O) groups excluding carboxylic acids is 1. The molecule has 1 aromatic carbocycles. The molecule has 6 heteroatoms. The molecular weight excluding hydrogens is 324 g/mol. The first-order valence-electron chi connectivity index (χ1n) is 7.88. The van der Waals surface area contributed by atoms with E-state index in [1.807, 2.05) is 38.1 Å². The topological polar surface area (TPSA) is 51.1 Å². The molecule has 2 heterocycles. The summed E-state index contributed by atoms with van der Waals surface area (Å²) in [5.74, 6) is 1.41. The minimum atomic E-state index is -0.0470. The van der Waals surface area contributed by atoms with E-state index in [0.29, 0.717) is 30.4 Å². The van der Waals surface area contributed by atoms with Gasteiger partial charge < -0.3 is 9.47 Å². The number of fused-ring (bicyclic) bond motifs is 1. The van der Waals surface area contributed by atoms with Crippen LogP contribution >= 0.6 is 11.8 Å². The van der Waals surface area contributed by atoms with Gasteiger partial charge in [0.1, 0.15) is 13.2 Å². The molecule has 0 N–H and O–H groups in total. The van der Waals surface area contributed by atoms with Gasteiger partial charge in [0.05, 0.1) is 4.91 Å². The Morgan fingerprint density at radius 3 is 2.79 bits per heavy atom. The van der Waals surface area contributed by atoms with Crippen molar-refractivity contribution < 1.29 is 14.3 Å². The molecule has 2 aliphatic rings. The number of thioether (sulfide) groups is 1. The smallest absolute Gasteiger partial charge is 0.267 e. The zero-order valence-electron chi connectivity index (χ0n) is 13.8. The highest BCUT2D eigenvalue weighted by molar-refractivity contribution is 8.18. The number of amidine groups is 1. The van der Waals surface area contributed by atoms with E-state index in [1.165, 1.54) is 11.8 Å². The van der Waals surface area contributed by atoms with Crippen LogP contribution in [0.25, 0.3) is 6.08 Å². The number of ether oxygens (including phenoxy) is 2. The average molecular weight is 344 g/mol. The van der Waals surface area contributed by atoms with Crippen LogP contribution in [0.2, 0.25) is 0 Å². The van der Waals surface area contributed by atoms with E-state index < -0.39 is 0 Å². The molecule has 1 aromatic rings. The number of aliphatic imine (C=N–C) groups is 1. The monoisotopic (exact) mass is 344 g/mol. The zero-order valence-corrected chi connectivity index (χ0v) is 14.6. The van der Waals surface area contributed by atoms with Crippen molar-refractivity contribution in [3.63, 3.8) is 0 Å². The number of nitrogens with zero attached hydrogens (tertiary/aromatic N) is 2. The number of carbonyl (C=O) groups is 1. The molecule has 5 nitrogen and oxygen atoms in total. The van der Waals surface area contributed by atoms with Crippen molar-refractivity contribution in [2.24, 2.45) is 4.99 Å². The molecule has 0 unspecified atom stereocenters. The molecule has 1 amide bonds. The molecule has 2 aliphatic heterocycles. The van der Waals surface area contributed by atoms with Crippen LogP contribution in [-0.2, 0) is 4.79 Å². The lowest BCUT2D eigenvalue weighted by molar-refractivity contribution is -0.121. The summed E-state index contributed by atoms with van der Waals surface area (Å²) in [4.78, 5) is 19.5. The largest absolute Gasteiger partial charge is 0.486 e. The van der Waals surface area contributed by atoms with Crippen LogP contribution in [0.1, 0.15) is 19.4 Å². The van der Waals surface area contributed by atoms with Gasteiger partial charge in [-0.1, -0.05) is 12.1 Å². The van der Waals surface area contributed by atoms with Gasteiger partial charge in [0, 0.05) is 12.6 Å². The van der Waals surface area contributed by atoms with Crippen molar-refractivity contribution in [2.75, 3.05) is 19.8 Å². The second-order valence-corrected chi connectivity index (χ2v) is 6.73. The Hall–Kier alpha value is -2.21. The third kappa shape index (κ3) is 3.48. The summed E-state index contributed by atoms with van der Waals surface area (Å²) in [6.45, 7) is 9.26. The van der Waals surface area contributed by atoms with E-state index in [2.05, 4.69) is 11.6 Å². The lowest BCUT2D eigenvalue weighted by Crippen LogP contribution is -2.29. The van der Waals surface area contributed by atoms with E-state index in [0.717, 1.165) is 16.5 Å². The summed E-state index contributed by atoms with van der Waals surface area (Å²) in [5, 5.41) is 0.721. The quantitative estimate of drug-likeness (QED) is 0.621. The van der Waals surface area contributed by atoms with Crippen LogP contribution in [-0.4, -0.2) is 41.8 Å². The van der Waals surface area contributed by atoms with Gasteiger partial charge in [0.2, 0.25) is 0 Å². The fourth-order valence-electron chi connectivity index (χ4n) is 2.42. The summed E-state index contributed by atoms with van der Waals surface area (Å²) >= 11 is 1.40. The SMILES string of the molecule is C=CCN1C(=O)/C(=C/c2ccc3c(c2)OCCO3)S/C1=N\C(C)C. The van der Waals surface area contributed by atoms with Crippen molar-refractivity contribution in [3.05, 3.63) is 41.3 Å². The summed E-state index contributed by atoms with van der Waals surface area (Å²) in [6.07, 6.45) is 3.57. The standard InChI is InChI=1S/C18H20N2O3S/c1-4-7-20-17(21)16(24-18(20)19-12(2)3)11-13-5-6-14-15(10-13)23-9-8-22-14/h4-6,10-12H,1,7-9H2,2-3H3/b16-11-,19-18-. The van der Waals surface area contributed by atoms with E-state index in [-0.39, 0.29) is 11.9 Å². The van der Waals surface area contributed by atoms with Crippen molar-refractivity contribution in [1.82, 2.24) is 4.90 Å². The number of benzene rings is 1. The minimum Gasteiger partial charge on any atom is -0.486 e. The maximum atomic E-state index is 12.6. The van der Waals surface area contributed by atoms with Crippen LogP contribution < -0.4 is 9.47 Å². The number of rotatable bonds is 4. The highest BCUT2D eigenvalue weighted by Crippen LogP contribution is 2.35. The van der Waals surface area contributed by atoms with Gasteiger partial charge in [-0.25, -0.2) is 0 Å². The molecule has 0 spiro atoms. The fourth-order valence-corrected chi connectivity index (χ4v) is 3.54. The Balaban J connectivity index is 1.89. The third-order valence-corrected chi connectivity index (χ3v) is 4.45. The van der Waals surface area contributed by atoms with E-state index >= 15 is 0 Å². The van der Waals surface area contributed by atoms with Gasteiger partial charge in [-0.05, 0) is 49.4 Å². The average Bonchev–Trinajstić information content (AvgIpc) is 2.83. The van der Waals surface area contributed by atoms with Crippen LogP contribution in [0, 0.1) is 0 Å². The van der Waals surface area contributed by atoms with Crippen molar-refractivity contribution in [2.45, 2.75) is 19.9 Å². The van der Waals surface area contributed by atoms with Gasteiger partial charge in [0.15, 0.2) is 16.7 Å². The summed E-state index contributed by atoms with van der Waals surface area (Å²) in [7, 11) is 0. The van der Waals surface area contributed by atoms with Gasteiger partial charge in [-0.15, -0.1) is 6.58 Å². The molecule has 3 rings (SSSR count). The Kier molecular flexibility index (Phi) is 4.94. The summed E-state index contributed by atoms with van der Waals surface area (Å²) in [5.41, 5.74) is 0.902. The predicted molar refractivity (Wildman–Crippen MR) is 97.5 cm³/mol. The molecule has 0 atom stereocenters. The van der Waals surface area contributed by atoms with Gasteiger partial charge in [-0.2, -0.15) is 0 Å². The van der Waals surface area contributed by atoms with Crippen LogP contribution in [0.5, 0.6) is 11.5 Å². The molecule has 126 valence electrons. The van der Waals surface area contributed by atoms with E-state index in [9.17, 15) is 4.79 Å². The van der Waals surface area contributed by atoms with Crippen LogP contribution in [0.15, 0.2) is 40.8 Å². The molecule has 0 saturated carbocycles. The second kappa shape index (κ2) is 7.13. The Bertz CT molecular complexity index is 725. The number of amides is 1. The molecule has 1 fully saturated rings. The van der Waals surface area contributed by atoms with Crippen LogP contribution in [0.4, 0.5) is 0 Å². The molecule has 0 bridgehead atoms. The third-order valence-electron chi connectivity index (χ3n) is 3.43. The van der Waals surface area contributed by atoms with Crippen molar-refractivity contribution in [3.8, 4) is 11.5 Å². The Labute approximate surface area is 146 Å². The molecule has 1 saturated heterocycles. The maximum absolute atomic E-state index is 12.6. The lowest BCUT2D eigenvalue weighted by atomic mass is 10.1. The first-order valence-corrected chi connectivity index (χ1v) is 8.70. The van der Waals surface area contributed by atoms with Crippen molar-refractivity contribution >= 4 is 28.9 Å².